The van der Waals surface area contributed by atoms with Gasteiger partial charge in [0.05, 0.1) is 22.4 Å². The zero-order valence-corrected chi connectivity index (χ0v) is 28.1. The Hall–Kier alpha value is -6.56. The normalized spacial score (nSPS) is 11.9. The van der Waals surface area contributed by atoms with Crippen LogP contribution in [0, 0.1) is 0 Å². The summed E-state index contributed by atoms with van der Waals surface area (Å²) in [6.45, 7) is 0. The SMILES string of the molecule is c1ccc(-c2cc(-c3cccc4c3oc3ccccc34)nc(-c3ccc(-n4c5ccccc5c5c6sc7ccccc7c6ccc54)cc3)n2)cc1. The molecular formula is C46H27N3OS. The quantitative estimate of drug-likeness (QED) is 0.187. The molecule has 4 heterocycles. The van der Waals surface area contributed by atoms with Crippen molar-refractivity contribution in [3.05, 3.63) is 164 Å². The number of benzene rings is 7. The van der Waals surface area contributed by atoms with E-state index in [0.717, 1.165) is 55.7 Å². The molecule has 0 bridgehead atoms. The molecule has 11 rings (SSSR count). The summed E-state index contributed by atoms with van der Waals surface area (Å²) in [5.41, 5.74) is 9.79. The smallest absolute Gasteiger partial charge is 0.160 e. The molecule has 0 saturated heterocycles. The number of fused-ring (bicyclic) bond motifs is 10. The van der Waals surface area contributed by atoms with E-state index in [9.17, 15) is 0 Å². The lowest BCUT2D eigenvalue weighted by atomic mass is 10.0. The average Bonchev–Trinajstić information content (AvgIpc) is 3.88. The highest BCUT2D eigenvalue weighted by Crippen LogP contribution is 2.43. The number of para-hydroxylation sites is 3. The van der Waals surface area contributed by atoms with Crippen molar-refractivity contribution in [2.45, 2.75) is 0 Å². The van der Waals surface area contributed by atoms with E-state index in [2.05, 4.69) is 132 Å². The number of hydrogen-bond acceptors (Lipinski definition) is 4. The molecule has 0 aliphatic rings. The van der Waals surface area contributed by atoms with Crippen LogP contribution in [0.4, 0.5) is 0 Å². The minimum absolute atomic E-state index is 0.667. The van der Waals surface area contributed by atoms with E-state index in [4.69, 9.17) is 14.4 Å². The van der Waals surface area contributed by atoms with Crippen LogP contribution in [0.1, 0.15) is 0 Å². The third kappa shape index (κ3) is 4.32. The fourth-order valence-electron chi connectivity index (χ4n) is 7.69. The average molecular weight is 670 g/mol. The molecule has 0 unspecified atom stereocenters. The molecule has 4 aromatic heterocycles. The lowest BCUT2D eigenvalue weighted by molar-refractivity contribution is 0.670. The summed E-state index contributed by atoms with van der Waals surface area (Å²) in [6.07, 6.45) is 0. The van der Waals surface area contributed by atoms with Gasteiger partial charge in [0.1, 0.15) is 11.2 Å². The Morgan fingerprint density at radius 2 is 1.22 bits per heavy atom. The van der Waals surface area contributed by atoms with Gasteiger partial charge in [0.15, 0.2) is 5.82 Å². The van der Waals surface area contributed by atoms with Crippen molar-refractivity contribution in [2.24, 2.45) is 0 Å². The molecule has 51 heavy (non-hydrogen) atoms. The molecule has 11 aromatic rings. The van der Waals surface area contributed by atoms with E-state index in [1.54, 1.807) is 0 Å². The van der Waals surface area contributed by atoms with Crippen molar-refractivity contribution < 1.29 is 4.42 Å². The first-order valence-electron chi connectivity index (χ1n) is 17.1. The predicted octanol–water partition coefficient (Wildman–Crippen LogP) is 12.8. The van der Waals surface area contributed by atoms with Gasteiger partial charge >= 0.3 is 0 Å². The fourth-order valence-corrected chi connectivity index (χ4v) is 8.95. The second-order valence-corrected chi connectivity index (χ2v) is 14.0. The van der Waals surface area contributed by atoms with Gasteiger partial charge < -0.3 is 8.98 Å². The van der Waals surface area contributed by atoms with E-state index in [1.807, 2.05) is 47.7 Å². The van der Waals surface area contributed by atoms with Crippen molar-refractivity contribution in [2.75, 3.05) is 0 Å². The number of aromatic nitrogens is 3. The molecule has 0 spiro atoms. The van der Waals surface area contributed by atoms with Crippen LogP contribution in [0.3, 0.4) is 0 Å². The molecule has 238 valence electrons. The van der Waals surface area contributed by atoms with Crippen LogP contribution in [0.2, 0.25) is 0 Å². The Labute approximate surface area is 296 Å². The number of thiophene rings is 1. The highest BCUT2D eigenvalue weighted by atomic mass is 32.1. The maximum atomic E-state index is 6.44. The van der Waals surface area contributed by atoms with Gasteiger partial charge in [-0.3, -0.25) is 0 Å². The summed E-state index contributed by atoms with van der Waals surface area (Å²) in [4.78, 5) is 10.3. The zero-order chi connectivity index (χ0) is 33.5. The van der Waals surface area contributed by atoms with Crippen molar-refractivity contribution in [1.29, 1.82) is 0 Å². The molecule has 0 radical (unpaired) electrons. The summed E-state index contributed by atoms with van der Waals surface area (Å²) in [5, 5.41) is 7.36. The van der Waals surface area contributed by atoms with Crippen LogP contribution in [0.15, 0.2) is 168 Å². The Bertz CT molecular complexity index is 3130. The maximum Gasteiger partial charge on any atom is 0.160 e. The zero-order valence-electron chi connectivity index (χ0n) is 27.2. The molecule has 7 aromatic carbocycles. The second kappa shape index (κ2) is 11.0. The Kier molecular flexibility index (Phi) is 6.09. The molecule has 5 heteroatoms. The van der Waals surface area contributed by atoms with Crippen LogP contribution < -0.4 is 0 Å². The molecule has 0 amide bonds. The number of rotatable bonds is 4. The van der Waals surface area contributed by atoms with Crippen LogP contribution in [-0.4, -0.2) is 14.5 Å². The first-order valence-corrected chi connectivity index (χ1v) is 17.9. The molecule has 0 fully saturated rings. The van der Waals surface area contributed by atoms with Crippen LogP contribution in [-0.2, 0) is 0 Å². The van der Waals surface area contributed by atoms with Crippen LogP contribution in [0.5, 0.6) is 0 Å². The van der Waals surface area contributed by atoms with Crippen LogP contribution >= 0.6 is 11.3 Å². The third-order valence-electron chi connectivity index (χ3n) is 10.0. The molecule has 0 saturated carbocycles. The molecule has 0 aliphatic carbocycles. The Morgan fingerprint density at radius 3 is 2.10 bits per heavy atom. The van der Waals surface area contributed by atoms with Gasteiger partial charge in [0.2, 0.25) is 0 Å². The topological polar surface area (TPSA) is 43.9 Å². The van der Waals surface area contributed by atoms with E-state index >= 15 is 0 Å². The highest BCUT2D eigenvalue weighted by Gasteiger charge is 2.19. The van der Waals surface area contributed by atoms with Crippen molar-refractivity contribution in [1.82, 2.24) is 14.5 Å². The van der Waals surface area contributed by atoms with Crippen molar-refractivity contribution in [3.63, 3.8) is 0 Å². The third-order valence-corrected chi connectivity index (χ3v) is 11.2. The predicted molar refractivity (Wildman–Crippen MR) is 213 cm³/mol. The van der Waals surface area contributed by atoms with Crippen LogP contribution in [0.25, 0.3) is 104 Å². The fraction of sp³-hybridized carbons (Fsp3) is 0. The molecule has 0 atom stereocenters. The summed E-state index contributed by atoms with van der Waals surface area (Å²) >= 11 is 1.88. The maximum absolute atomic E-state index is 6.44. The van der Waals surface area contributed by atoms with Gasteiger partial charge in [0.25, 0.3) is 0 Å². The monoisotopic (exact) mass is 669 g/mol. The van der Waals surface area contributed by atoms with E-state index in [-0.39, 0.29) is 0 Å². The Balaban J connectivity index is 1.08. The van der Waals surface area contributed by atoms with Gasteiger partial charge in [-0.25, -0.2) is 9.97 Å². The number of furan rings is 1. The largest absolute Gasteiger partial charge is 0.455 e. The second-order valence-electron chi connectivity index (χ2n) is 12.9. The molecular weight excluding hydrogens is 643 g/mol. The first kappa shape index (κ1) is 28.3. The summed E-state index contributed by atoms with van der Waals surface area (Å²) in [7, 11) is 0. The van der Waals surface area contributed by atoms with Gasteiger partial charge in [-0.2, -0.15) is 0 Å². The summed E-state index contributed by atoms with van der Waals surface area (Å²) in [6, 6.07) is 57.5. The van der Waals surface area contributed by atoms with Crippen molar-refractivity contribution >= 4 is 75.3 Å². The van der Waals surface area contributed by atoms with Gasteiger partial charge in [-0.1, -0.05) is 103 Å². The van der Waals surface area contributed by atoms with E-state index in [0.29, 0.717) is 5.82 Å². The Morgan fingerprint density at radius 1 is 0.490 bits per heavy atom. The standard InChI is InChI=1S/C46H27N3OS/c1-2-11-28(12-3-1)37-27-38(35-17-10-16-33-31-13-5-8-19-41(31)50-44(33)35)48-46(47-37)29-21-23-30(24-22-29)49-39-18-7-4-15-36(39)43-40(49)26-25-34-32-14-6-9-20-42(32)51-45(34)43/h1-27H. The van der Waals surface area contributed by atoms with E-state index in [1.165, 1.54) is 42.0 Å². The van der Waals surface area contributed by atoms with Gasteiger partial charge in [-0.15, -0.1) is 11.3 Å². The van der Waals surface area contributed by atoms with Crippen molar-refractivity contribution in [3.8, 4) is 39.6 Å². The first-order chi connectivity index (χ1) is 25.3. The minimum atomic E-state index is 0.667. The molecule has 4 nitrogen and oxygen atoms in total. The molecule has 0 aliphatic heterocycles. The number of hydrogen-bond donors (Lipinski definition) is 0. The molecule has 0 N–H and O–H groups in total. The highest BCUT2D eigenvalue weighted by molar-refractivity contribution is 7.26. The lowest BCUT2D eigenvalue weighted by Gasteiger charge is -2.11. The number of nitrogens with zero attached hydrogens (tertiary/aromatic N) is 3. The summed E-state index contributed by atoms with van der Waals surface area (Å²) < 4.78 is 11.5. The summed E-state index contributed by atoms with van der Waals surface area (Å²) in [5.74, 6) is 0.667. The van der Waals surface area contributed by atoms with Gasteiger partial charge in [-0.05, 0) is 60.7 Å². The van der Waals surface area contributed by atoms with Gasteiger partial charge in [0, 0.05) is 64.1 Å². The minimum Gasteiger partial charge on any atom is -0.455 e. The van der Waals surface area contributed by atoms with E-state index < -0.39 is 0 Å². The lowest BCUT2D eigenvalue weighted by Crippen LogP contribution is -1.97.